The van der Waals surface area contributed by atoms with Gasteiger partial charge in [-0.1, -0.05) is 12.1 Å². The van der Waals surface area contributed by atoms with Gasteiger partial charge in [0.05, 0.1) is 5.60 Å². The number of nitrogens with two attached hydrogens (primary N) is 1. The minimum absolute atomic E-state index is 0.528. The van der Waals surface area contributed by atoms with E-state index in [1.165, 1.54) is 0 Å². The summed E-state index contributed by atoms with van der Waals surface area (Å²) < 4.78 is 5.70. The first-order valence-corrected chi connectivity index (χ1v) is 6.46. The van der Waals surface area contributed by atoms with Gasteiger partial charge in [-0.2, -0.15) is 0 Å². The number of β-amino-alcohol motifs (C(OH)–C–C–N with tert-alkyl or cyclic N) is 1. The van der Waals surface area contributed by atoms with E-state index >= 15 is 0 Å². The fraction of sp³-hybridized carbons (Fsp3) is 0.571. The number of benzene rings is 1. The average molecular weight is 250 g/mol. The van der Waals surface area contributed by atoms with Crippen LogP contribution in [0.4, 0.5) is 0 Å². The van der Waals surface area contributed by atoms with Crippen molar-refractivity contribution >= 4 is 0 Å². The number of nitrogens with zero attached hydrogens (tertiary/aromatic N) is 1. The predicted molar refractivity (Wildman–Crippen MR) is 71.5 cm³/mol. The van der Waals surface area contributed by atoms with Crippen molar-refractivity contribution in [3.8, 4) is 5.75 Å². The molecule has 3 N–H and O–H groups in total. The molecule has 1 atom stereocenters. The van der Waals surface area contributed by atoms with E-state index in [1.54, 1.807) is 0 Å². The van der Waals surface area contributed by atoms with E-state index in [-0.39, 0.29) is 0 Å². The monoisotopic (exact) mass is 250 g/mol. The fourth-order valence-electron chi connectivity index (χ4n) is 2.28. The van der Waals surface area contributed by atoms with Gasteiger partial charge in [-0.25, -0.2) is 0 Å². The molecule has 0 amide bonds. The third-order valence-electron chi connectivity index (χ3n) is 3.34. The first-order chi connectivity index (χ1) is 8.59. The van der Waals surface area contributed by atoms with Crippen molar-refractivity contribution in [2.24, 2.45) is 5.73 Å². The Bertz CT molecular complexity index is 393. The summed E-state index contributed by atoms with van der Waals surface area (Å²) in [5.41, 5.74) is 6.14. The zero-order valence-corrected chi connectivity index (χ0v) is 10.9. The highest BCUT2D eigenvalue weighted by Gasteiger charge is 2.30. The van der Waals surface area contributed by atoms with Crippen LogP contribution in [0.3, 0.4) is 0 Å². The second-order valence-corrected chi connectivity index (χ2v) is 5.22. The van der Waals surface area contributed by atoms with Crippen LogP contribution in [0.1, 0.15) is 18.9 Å². The maximum Gasteiger partial charge on any atom is 0.119 e. The maximum absolute atomic E-state index is 9.85. The maximum atomic E-state index is 9.85. The van der Waals surface area contributed by atoms with Gasteiger partial charge in [-0.05, 0) is 31.0 Å². The Morgan fingerprint density at radius 3 is 3.00 bits per heavy atom. The lowest BCUT2D eigenvalue weighted by Gasteiger charge is -2.18. The van der Waals surface area contributed by atoms with E-state index in [2.05, 4.69) is 4.90 Å². The highest BCUT2D eigenvalue weighted by Crippen LogP contribution is 2.20. The Hall–Kier alpha value is -1.10. The second-order valence-electron chi connectivity index (χ2n) is 5.22. The molecule has 1 aromatic rings. The van der Waals surface area contributed by atoms with Crippen LogP contribution in [0, 0.1) is 0 Å². The molecule has 18 heavy (non-hydrogen) atoms. The minimum Gasteiger partial charge on any atom is -0.492 e. The molecule has 0 bridgehead atoms. The molecule has 1 aliphatic rings. The lowest BCUT2D eigenvalue weighted by atomic mass is 10.1. The molecule has 4 nitrogen and oxygen atoms in total. The van der Waals surface area contributed by atoms with E-state index in [4.69, 9.17) is 10.5 Å². The van der Waals surface area contributed by atoms with E-state index in [9.17, 15) is 5.11 Å². The molecule has 0 aromatic heterocycles. The first kappa shape index (κ1) is 13.3. The standard InChI is InChI=1S/C14H22N2O2/c1-14(17)5-6-16(11-14)7-8-18-13-4-2-3-12(9-13)10-15/h2-4,9,17H,5-8,10-11,15H2,1H3. The summed E-state index contributed by atoms with van der Waals surface area (Å²) in [6.45, 7) is 5.59. The zero-order chi connectivity index (χ0) is 13.0. The van der Waals surface area contributed by atoms with Crippen LogP contribution in [0.25, 0.3) is 0 Å². The van der Waals surface area contributed by atoms with Gasteiger partial charge in [-0.15, -0.1) is 0 Å². The van der Waals surface area contributed by atoms with Gasteiger partial charge in [0.25, 0.3) is 0 Å². The molecular weight excluding hydrogens is 228 g/mol. The molecule has 1 aromatic carbocycles. The summed E-state index contributed by atoms with van der Waals surface area (Å²) in [5.74, 6) is 0.865. The molecule has 0 spiro atoms. The molecule has 100 valence electrons. The summed E-state index contributed by atoms with van der Waals surface area (Å²) in [6, 6.07) is 7.86. The van der Waals surface area contributed by atoms with Crippen LogP contribution in [-0.4, -0.2) is 41.8 Å². The zero-order valence-electron chi connectivity index (χ0n) is 10.9. The van der Waals surface area contributed by atoms with E-state index in [1.807, 2.05) is 31.2 Å². The van der Waals surface area contributed by atoms with E-state index < -0.39 is 5.60 Å². The van der Waals surface area contributed by atoms with Gasteiger partial charge in [0.2, 0.25) is 0 Å². The third-order valence-corrected chi connectivity index (χ3v) is 3.34. The van der Waals surface area contributed by atoms with Crippen LogP contribution in [0.15, 0.2) is 24.3 Å². The number of hydrogen-bond donors (Lipinski definition) is 2. The summed E-state index contributed by atoms with van der Waals surface area (Å²) in [5, 5.41) is 9.85. The van der Waals surface area contributed by atoms with Crippen molar-refractivity contribution < 1.29 is 9.84 Å². The third kappa shape index (κ3) is 3.70. The van der Waals surface area contributed by atoms with Crippen LogP contribution in [-0.2, 0) is 6.54 Å². The highest BCUT2D eigenvalue weighted by atomic mass is 16.5. The molecule has 1 aliphatic heterocycles. The van der Waals surface area contributed by atoms with Crippen molar-refractivity contribution in [3.63, 3.8) is 0 Å². The van der Waals surface area contributed by atoms with Gasteiger partial charge in [0.15, 0.2) is 0 Å². The van der Waals surface area contributed by atoms with E-state index in [0.717, 1.165) is 37.4 Å². The summed E-state index contributed by atoms with van der Waals surface area (Å²) in [4.78, 5) is 2.23. The summed E-state index contributed by atoms with van der Waals surface area (Å²) in [6.07, 6.45) is 0.843. The van der Waals surface area contributed by atoms with Gasteiger partial charge in [-0.3, -0.25) is 4.90 Å². The number of rotatable bonds is 5. The Morgan fingerprint density at radius 1 is 1.50 bits per heavy atom. The Labute approximate surface area is 108 Å². The van der Waals surface area contributed by atoms with Gasteiger partial charge < -0.3 is 15.6 Å². The number of aliphatic hydroxyl groups is 1. The van der Waals surface area contributed by atoms with Crippen molar-refractivity contribution in [2.75, 3.05) is 26.2 Å². The first-order valence-electron chi connectivity index (χ1n) is 6.46. The van der Waals surface area contributed by atoms with E-state index in [0.29, 0.717) is 13.2 Å². The molecular formula is C14H22N2O2. The minimum atomic E-state index is -0.528. The molecule has 0 radical (unpaired) electrons. The molecule has 1 heterocycles. The van der Waals surface area contributed by atoms with Crippen LogP contribution in [0.5, 0.6) is 5.75 Å². The largest absolute Gasteiger partial charge is 0.492 e. The molecule has 1 fully saturated rings. The van der Waals surface area contributed by atoms with Gasteiger partial charge >= 0.3 is 0 Å². The molecule has 4 heteroatoms. The predicted octanol–water partition coefficient (Wildman–Crippen LogP) is 0.981. The van der Waals surface area contributed by atoms with Crippen LogP contribution >= 0.6 is 0 Å². The lowest BCUT2D eigenvalue weighted by Crippen LogP contribution is -2.32. The quantitative estimate of drug-likeness (QED) is 0.818. The van der Waals surface area contributed by atoms with Crippen molar-refractivity contribution in [1.82, 2.24) is 4.90 Å². The Kier molecular flexibility index (Phi) is 4.22. The molecule has 0 aliphatic carbocycles. The fourth-order valence-corrected chi connectivity index (χ4v) is 2.28. The second kappa shape index (κ2) is 5.69. The highest BCUT2D eigenvalue weighted by molar-refractivity contribution is 5.28. The van der Waals surface area contributed by atoms with Crippen molar-refractivity contribution in [1.29, 1.82) is 0 Å². The number of ether oxygens (including phenoxy) is 1. The normalized spacial score (nSPS) is 24.4. The number of likely N-dealkylation sites (tertiary alicyclic amines) is 1. The molecule has 2 rings (SSSR count). The summed E-state index contributed by atoms with van der Waals surface area (Å²) >= 11 is 0. The lowest BCUT2D eigenvalue weighted by molar-refractivity contribution is 0.0670. The van der Waals surface area contributed by atoms with Crippen molar-refractivity contribution in [2.45, 2.75) is 25.5 Å². The SMILES string of the molecule is CC1(O)CCN(CCOc2cccc(CN)c2)C1. The smallest absolute Gasteiger partial charge is 0.119 e. The van der Waals surface area contributed by atoms with Crippen molar-refractivity contribution in [3.05, 3.63) is 29.8 Å². The van der Waals surface area contributed by atoms with Crippen LogP contribution in [0.2, 0.25) is 0 Å². The Morgan fingerprint density at radius 2 is 2.33 bits per heavy atom. The molecule has 1 unspecified atom stereocenters. The topological polar surface area (TPSA) is 58.7 Å². The van der Waals surface area contributed by atoms with Gasteiger partial charge in [0, 0.05) is 26.2 Å². The van der Waals surface area contributed by atoms with Crippen LogP contribution < -0.4 is 10.5 Å². The summed E-state index contributed by atoms with van der Waals surface area (Å²) in [7, 11) is 0. The number of hydrogen-bond acceptors (Lipinski definition) is 4. The van der Waals surface area contributed by atoms with Gasteiger partial charge in [0.1, 0.15) is 12.4 Å². The Balaban J connectivity index is 1.75. The molecule has 0 saturated carbocycles. The average Bonchev–Trinajstić information content (AvgIpc) is 2.69. The molecule has 1 saturated heterocycles.